The van der Waals surface area contributed by atoms with Gasteiger partial charge in [0.2, 0.25) is 0 Å². The van der Waals surface area contributed by atoms with Gasteiger partial charge in [-0.3, -0.25) is 4.90 Å². The molecule has 0 aliphatic carbocycles. The van der Waals surface area contributed by atoms with Crippen LogP contribution in [0, 0.1) is 6.92 Å². The predicted molar refractivity (Wildman–Crippen MR) is 114 cm³/mol. The van der Waals surface area contributed by atoms with Gasteiger partial charge in [0.25, 0.3) is 0 Å². The van der Waals surface area contributed by atoms with Crippen molar-refractivity contribution in [3.8, 4) is 11.1 Å². The smallest absolute Gasteiger partial charge is 0.141 e. The van der Waals surface area contributed by atoms with Crippen molar-refractivity contribution in [3.05, 3.63) is 102 Å². The summed E-state index contributed by atoms with van der Waals surface area (Å²) in [4.78, 5) is 11.9. The number of aromatic nitrogens is 2. The Bertz CT molecular complexity index is 1140. The average molecular weight is 363 g/mol. The largest absolute Gasteiger partial charge is 0.278 e. The Morgan fingerprint density at radius 1 is 0.750 bits per heavy atom. The lowest BCUT2D eigenvalue weighted by atomic mass is 10.0. The van der Waals surface area contributed by atoms with Gasteiger partial charge in [-0.15, -0.1) is 0 Å². The van der Waals surface area contributed by atoms with Crippen molar-refractivity contribution in [1.82, 2.24) is 9.97 Å². The van der Waals surface area contributed by atoms with Crippen LogP contribution in [-0.4, -0.2) is 9.97 Å². The maximum atomic E-state index is 4.86. The Morgan fingerprint density at radius 2 is 1.50 bits per heavy atom. The molecule has 0 fully saturated rings. The molecule has 3 heterocycles. The molecular formula is C25H21N3. The Morgan fingerprint density at radius 3 is 2.39 bits per heavy atom. The normalized spacial score (nSPS) is 12.8. The van der Waals surface area contributed by atoms with Crippen molar-refractivity contribution in [2.75, 3.05) is 4.90 Å². The molecule has 136 valence electrons. The minimum absolute atomic E-state index is 0.964. The molecule has 28 heavy (non-hydrogen) atoms. The van der Waals surface area contributed by atoms with E-state index in [1.165, 1.54) is 27.8 Å². The third kappa shape index (κ3) is 2.85. The molecule has 0 radical (unpaired) electrons. The van der Waals surface area contributed by atoms with E-state index in [2.05, 4.69) is 78.6 Å². The molecule has 2 aromatic carbocycles. The number of aryl methyl sites for hydroxylation is 3. The molecule has 0 spiro atoms. The van der Waals surface area contributed by atoms with E-state index in [0.29, 0.717) is 0 Å². The van der Waals surface area contributed by atoms with Gasteiger partial charge < -0.3 is 0 Å². The molecule has 0 atom stereocenters. The average Bonchev–Trinajstić information content (AvgIpc) is 2.91. The lowest BCUT2D eigenvalue weighted by Crippen LogP contribution is -2.15. The summed E-state index contributed by atoms with van der Waals surface area (Å²) in [5.41, 5.74) is 7.17. The zero-order valence-corrected chi connectivity index (χ0v) is 15.8. The van der Waals surface area contributed by atoms with Crippen molar-refractivity contribution in [2.24, 2.45) is 0 Å². The van der Waals surface area contributed by atoms with Crippen LogP contribution in [0.4, 0.5) is 17.3 Å². The number of anilines is 3. The van der Waals surface area contributed by atoms with E-state index in [0.717, 1.165) is 30.2 Å². The summed E-state index contributed by atoms with van der Waals surface area (Å²) in [6, 6.07) is 25.5. The molecule has 0 unspecified atom stereocenters. The summed E-state index contributed by atoms with van der Waals surface area (Å²) < 4.78 is 0. The van der Waals surface area contributed by atoms with Crippen LogP contribution >= 0.6 is 0 Å². The second kappa shape index (κ2) is 6.93. The van der Waals surface area contributed by atoms with Crippen LogP contribution in [0.1, 0.15) is 16.7 Å². The van der Waals surface area contributed by atoms with Gasteiger partial charge in [0.1, 0.15) is 11.6 Å². The summed E-state index contributed by atoms with van der Waals surface area (Å²) in [5.74, 6) is 1.95. The summed E-state index contributed by atoms with van der Waals surface area (Å²) >= 11 is 0. The van der Waals surface area contributed by atoms with Gasteiger partial charge >= 0.3 is 0 Å². The first-order chi connectivity index (χ1) is 13.8. The van der Waals surface area contributed by atoms with Gasteiger partial charge in [-0.25, -0.2) is 9.97 Å². The topological polar surface area (TPSA) is 29.0 Å². The van der Waals surface area contributed by atoms with Crippen molar-refractivity contribution in [3.63, 3.8) is 0 Å². The fourth-order valence-corrected chi connectivity index (χ4v) is 3.96. The number of rotatable bonds is 2. The van der Waals surface area contributed by atoms with Crippen LogP contribution in [0.5, 0.6) is 0 Å². The molecule has 3 heteroatoms. The third-order valence-electron chi connectivity index (χ3n) is 5.26. The number of benzene rings is 2. The van der Waals surface area contributed by atoms with E-state index in [1.807, 2.05) is 18.5 Å². The Balaban J connectivity index is 1.79. The monoisotopic (exact) mass is 363 g/mol. The third-order valence-corrected chi connectivity index (χ3v) is 5.26. The van der Waals surface area contributed by atoms with Gasteiger partial charge in [-0.1, -0.05) is 60.7 Å². The predicted octanol–water partition coefficient (Wildman–Crippen LogP) is 6.02. The fraction of sp³-hybridized carbons (Fsp3) is 0.120. The second-order valence-electron chi connectivity index (χ2n) is 7.20. The van der Waals surface area contributed by atoms with Crippen molar-refractivity contribution < 1.29 is 0 Å². The van der Waals surface area contributed by atoms with E-state index in [1.54, 1.807) is 0 Å². The summed E-state index contributed by atoms with van der Waals surface area (Å²) in [6.45, 7) is 2.10. The van der Waals surface area contributed by atoms with Gasteiger partial charge in [-0.05, 0) is 54.2 Å². The standard InChI is InChI=1S/C25H21N3/c1-18-16-21-14-13-20-10-7-15-26-24(20)28(25(21)27-17-18)23-12-6-5-11-22(23)19-8-3-2-4-9-19/h2-12,15-17H,13-14H2,1H3. The lowest BCUT2D eigenvalue weighted by molar-refractivity contribution is 0.963. The van der Waals surface area contributed by atoms with Gasteiger partial charge in [-0.2, -0.15) is 0 Å². The Hall–Kier alpha value is -3.46. The molecule has 1 aliphatic heterocycles. The fourth-order valence-electron chi connectivity index (χ4n) is 3.96. The van der Waals surface area contributed by atoms with Crippen molar-refractivity contribution >= 4 is 17.3 Å². The molecule has 0 saturated heterocycles. The van der Waals surface area contributed by atoms with E-state index >= 15 is 0 Å². The van der Waals surface area contributed by atoms with E-state index in [9.17, 15) is 0 Å². The molecule has 1 aliphatic rings. The minimum Gasteiger partial charge on any atom is -0.278 e. The number of hydrogen-bond acceptors (Lipinski definition) is 3. The summed E-state index contributed by atoms with van der Waals surface area (Å²) in [6.07, 6.45) is 5.75. The Kier molecular flexibility index (Phi) is 4.13. The van der Waals surface area contributed by atoms with E-state index < -0.39 is 0 Å². The van der Waals surface area contributed by atoms with Crippen LogP contribution in [0.3, 0.4) is 0 Å². The molecule has 5 rings (SSSR count). The molecule has 0 saturated carbocycles. The molecule has 0 bridgehead atoms. The minimum atomic E-state index is 0.964. The number of para-hydroxylation sites is 1. The maximum absolute atomic E-state index is 4.86. The number of nitrogens with zero attached hydrogens (tertiary/aromatic N) is 3. The van der Waals surface area contributed by atoms with Crippen molar-refractivity contribution in [1.29, 1.82) is 0 Å². The first kappa shape index (κ1) is 16.7. The van der Waals surface area contributed by atoms with E-state index in [-0.39, 0.29) is 0 Å². The first-order valence-corrected chi connectivity index (χ1v) is 9.65. The maximum Gasteiger partial charge on any atom is 0.141 e. The van der Waals surface area contributed by atoms with Crippen LogP contribution < -0.4 is 4.90 Å². The number of hydrogen-bond donors (Lipinski definition) is 0. The summed E-state index contributed by atoms with van der Waals surface area (Å²) in [7, 11) is 0. The van der Waals surface area contributed by atoms with Gasteiger partial charge in [0.05, 0.1) is 5.69 Å². The number of pyridine rings is 2. The molecular weight excluding hydrogens is 342 g/mol. The van der Waals surface area contributed by atoms with Crippen molar-refractivity contribution in [2.45, 2.75) is 19.8 Å². The molecule has 0 N–H and O–H groups in total. The molecule has 2 aromatic heterocycles. The van der Waals surface area contributed by atoms with Crippen LogP contribution in [0.2, 0.25) is 0 Å². The SMILES string of the molecule is Cc1cnc2c(c1)CCc1cccnc1N2c1ccccc1-c1ccccc1. The molecule has 3 nitrogen and oxygen atoms in total. The zero-order chi connectivity index (χ0) is 18.9. The van der Waals surface area contributed by atoms with Gasteiger partial charge in [0.15, 0.2) is 0 Å². The zero-order valence-electron chi connectivity index (χ0n) is 15.8. The summed E-state index contributed by atoms with van der Waals surface area (Å²) in [5, 5.41) is 0. The number of fused-ring (bicyclic) bond motifs is 2. The quantitative estimate of drug-likeness (QED) is 0.436. The highest BCUT2D eigenvalue weighted by Gasteiger charge is 2.26. The second-order valence-corrected chi connectivity index (χ2v) is 7.20. The lowest BCUT2D eigenvalue weighted by Gasteiger charge is -2.27. The highest BCUT2D eigenvalue weighted by atomic mass is 15.2. The highest BCUT2D eigenvalue weighted by molar-refractivity contribution is 5.88. The Labute approximate surface area is 165 Å². The molecule has 4 aromatic rings. The van der Waals surface area contributed by atoms with Crippen LogP contribution in [0.25, 0.3) is 11.1 Å². The van der Waals surface area contributed by atoms with E-state index in [4.69, 9.17) is 9.97 Å². The highest BCUT2D eigenvalue weighted by Crippen LogP contribution is 2.43. The first-order valence-electron chi connectivity index (χ1n) is 9.65. The van der Waals surface area contributed by atoms with Gasteiger partial charge in [0, 0.05) is 18.0 Å². The van der Waals surface area contributed by atoms with Crippen LogP contribution in [0.15, 0.2) is 85.2 Å². The molecule has 0 amide bonds. The van der Waals surface area contributed by atoms with Crippen LogP contribution in [-0.2, 0) is 12.8 Å².